The van der Waals surface area contributed by atoms with Crippen LogP contribution in [0.1, 0.15) is 27.6 Å². The quantitative estimate of drug-likeness (QED) is 0.690. The number of furan rings is 1. The Hall–Kier alpha value is -1.97. The summed E-state index contributed by atoms with van der Waals surface area (Å²) in [5, 5.41) is 0. The maximum Gasteiger partial charge on any atom is 0.185 e. The molecule has 16 heavy (non-hydrogen) atoms. The molecule has 0 unspecified atom stereocenters. The summed E-state index contributed by atoms with van der Waals surface area (Å²) in [6.07, 6.45) is 3.91. The summed E-state index contributed by atoms with van der Waals surface area (Å²) < 4.78 is 4.61. The number of hydrogen-bond donors (Lipinski definition) is 0. The Morgan fingerprint density at radius 1 is 1.25 bits per heavy atom. The smallest absolute Gasteiger partial charge is 0.185 e. The summed E-state index contributed by atoms with van der Waals surface area (Å²) in [6.45, 7) is 5.87. The van der Waals surface area contributed by atoms with Gasteiger partial charge in [0.15, 0.2) is 12.0 Å². The van der Waals surface area contributed by atoms with Gasteiger partial charge in [0, 0.05) is 6.20 Å². The molecule has 2 aromatic rings. The van der Waals surface area contributed by atoms with E-state index in [9.17, 15) is 4.79 Å². The van der Waals surface area contributed by atoms with Gasteiger partial charge in [0.1, 0.15) is 0 Å². The van der Waals surface area contributed by atoms with E-state index in [0.29, 0.717) is 12.0 Å². The Bertz CT molecular complexity index is 450. The van der Waals surface area contributed by atoms with Crippen LogP contribution in [0.2, 0.25) is 0 Å². The Balaban J connectivity index is 0.000000165. The van der Waals surface area contributed by atoms with Gasteiger partial charge in [-0.1, -0.05) is 0 Å². The summed E-state index contributed by atoms with van der Waals surface area (Å²) in [5.74, 6) is 0.375. The molecule has 0 spiro atoms. The number of carbonyl (C=O) groups excluding carboxylic acids is 1. The van der Waals surface area contributed by atoms with Crippen LogP contribution >= 0.6 is 0 Å². The molecule has 4 nitrogen and oxygen atoms in total. The van der Waals surface area contributed by atoms with Crippen LogP contribution in [-0.2, 0) is 0 Å². The van der Waals surface area contributed by atoms with Crippen LogP contribution in [0.25, 0.3) is 0 Å². The minimum Gasteiger partial charge on any atom is -0.462 e. The molecule has 0 aliphatic heterocycles. The first-order valence-corrected chi connectivity index (χ1v) is 4.89. The van der Waals surface area contributed by atoms with Crippen LogP contribution in [0.15, 0.2) is 29.0 Å². The van der Waals surface area contributed by atoms with E-state index >= 15 is 0 Å². The second-order valence-electron chi connectivity index (χ2n) is 3.32. The first-order valence-electron chi connectivity index (χ1n) is 4.89. The van der Waals surface area contributed by atoms with Crippen molar-refractivity contribution in [3.63, 3.8) is 0 Å². The number of aldehydes is 1. The standard InChI is InChI=1S/C7H10N2.C5H4O2/c1-5-4-8-6(2)7(3)9-5;6-4-5-2-1-3-7-5/h4H,1-3H3;1-4H. The zero-order chi connectivity index (χ0) is 12.0. The van der Waals surface area contributed by atoms with Crippen molar-refractivity contribution < 1.29 is 9.21 Å². The Labute approximate surface area is 94.3 Å². The second-order valence-corrected chi connectivity index (χ2v) is 3.32. The molecule has 0 aliphatic carbocycles. The summed E-state index contributed by atoms with van der Waals surface area (Å²) in [4.78, 5) is 18.1. The van der Waals surface area contributed by atoms with Crippen molar-refractivity contribution in [2.75, 3.05) is 0 Å². The van der Waals surface area contributed by atoms with E-state index in [0.717, 1.165) is 17.1 Å². The van der Waals surface area contributed by atoms with E-state index in [1.165, 1.54) is 6.26 Å². The number of rotatable bonds is 1. The largest absolute Gasteiger partial charge is 0.462 e. The summed E-state index contributed by atoms with van der Waals surface area (Å²) in [6, 6.07) is 3.27. The van der Waals surface area contributed by atoms with Crippen molar-refractivity contribution in [3.8, 4) is 0 Å². The number of aryl methyl sites for hydroxylation is 3. The molecule has 84 valence electrons. The highest BCUT2D eigenvalue weighted by Gasteiger charge is 1.92. The van der Waals surface area contributed by atoms with E-state index in [2.05, 4.69) is 14.4 Å². The molecule has 0 fully saturated rings. The van der Waals surface area contributed by atoms with E-state index in [4.69, 9.17) is 0 Å². The number of nitrogens with zero attached hydrogens (tertiary/aromatic N) is 2. The minimum atomic E-state index is 0.375. The van der Waals surface area contributed by atoms with E-state index < -0.39 is 0 Å². The van der Waals surface area contributed by atoms with E-state index in [1.54, 1.807) is 18.3 Å². The molecule has 0 aliphatic rings. The van der Waals surface area contributed by atoms with Crippen LogP contribution in [0.5, 0.6) is 0 Å². The maximum absolute atomic E-state index is 9.77. The monoisotopic (exact) mass is 218 g/mol. The van der Waals surface area contributed by atoms with Gasteiger partial charge in [-0.25, -0.2) is 0 Å². The maximum atomic E-state index is 9.77. The lowest BCUT2D eigenvalue weighted by Gasteiger charge is -1.96. The van der Waals surface area contributed by atoms with E-state index in [-0.39, 0.29) is 0 Å². The summed E-state index contributed by atoms with van der Waals surface area (Å²) in [7, 11) is 0. The number of hydrogen-bond acceptors (Lipinski definition) is 4. The van der Waals surface area contributed by atoms with E-state index in [1.807, 2.05) is 20.8 Å². The predicted molar refractivity (Wildman–Crippen MR) is 60.3 cm³/mol. The van der Waals surface area contributed by atoms with Crippen molar-refractivity contribution in [2.45, 2.75) is 20.8 Å². The van der Waals surface area contributed by atoms with Gasteiger partial charge in [0.05, 0.1) is 23.3 Å². The fourth-order valence-corrected chi connectivity index (χ4v) is 1.02. The minimum absolute atomic E-state index is 0.375. The summed E-state index contributed by atoms with van der Waals surface area (Å²) >= 11 is 0. The number of carbonyl (C=O) groups is 1. The zero-order valence-corrected chi connectivity index (χ0v) is 9.60. The molecule has 0 amide bonds. The Morgan fingerprint density at radius 2 is 2.00 bits per heavy atom. The second kappa shape index (κ2) is 5.80. The fourth-order valence-electron chi connectivity index (χ4n) is 1.02. The van der Waals surface area contributed by atoms with Gasteiger partial charge in [-0.05, 0) is 32.9 Å². The molecule has 2 heterocycles. The SMILES string of the molecule is Cc1cnc(C)c(C)n1.O=Cc1ccco1. The fraction of sp³-hybridized carbons (Fsp3) is 0.250. The van der Waals surface area contributed by atoms with Gasteiger partial charge in [-0.15, -0.1) is 0 Å². The molecule has 4 heteroatoms. The molecule has 2 rings (SSSR count). The lowest BCUT2D eigenvalue weighted by molar-refractivity contribution is 0.110. The van der Waals surface area contributed by atoms with Crippen molar-refractivity contribution in [1.82, 2.24) is 9.97 Å². The van der Waals surface area contributed by atoms with Crippen molar-refractivity contribution >= 4 is 6.29 Å². The molecule has 0 aromatic carbocycles. The first-order chi connectivity index (χ1) is 7.63. The Morgan fingerprint density at radius 3 is 2.38 bits per heavy atom. The van der Waals surface area contributed by atoms with Crippen LogP contribution in [0.3, 0.4) is 0 Å². The lowest BCUT2D eigenvalue weighted by Crippen LogP contribution is -1.92. The van der Waals surface area contributed by atoms with Gasteiger partial charge >= 0.3 is 0 Å². The van der Waals surface area contributed by atoms with Crippen LogP contribution in [0.4, 0.5) is 0 Å². The molecule has 0 bridgehead atoms. The van der Waals surface area contributed by atoms with Crippen LogP contribution in [-0.4, -0.2) is 16.3 Å². The molecular weight excluding hydrogens is 204 g/mol. The predicted octanol–water partition coefficient (Wildman–Crippen LogP) is 2.49. The average Bonchev–Trinajstić information content (AvgIpc) is 2.77. The Kier molecular flexibility index (Phi) is 4.39. The molecule has 0 radical (unpaired) electrons. The van der Waals surface area contributed by atoms with Gasteiger partial charge in [0.25, 0.3) is 0 Å². The average molecular weight is 218 g/mol. The van der Waals surface area contributed by atoms with Crippen LogP contribution < -0.4 is 0 Å². The summed E-state index contributed by atoms with van der Waals surface area (Å²) in [5.41, 5.74) is 3.02. The van der Waals surface area contributed by atoms with Crippen LogP contribution in [0, 0.1) is 20.8 Å². The molecule has 0 atom stereocenters. The third-order valence-electron chi connectivity index (χ3n) is 1.97. The normalized spacial score (nSPS) is 9.19. The molecule has 0 saturated heterocycles. The zero-order valence-electron chi connectivity index (χ0n) is 9.60. The lowest BCUT2D eigenvalue weighted by atomic mass is 10.3. The number of aromatic nitrogens is 2. The highest BCUT2D eigenvalue weighted by Crippen LogP contribution is 1.98. The van der Waals surface area contributed by atoms with Gasteiger partial charge in [-0.3, -0.25) is 14.8 Å². The first kappa shape index (κ1) is 12.1. The molecule has 0 saturated carbocycles. The molecule has 2 aromatic heterocycles. The van der Waals surface area contributed by atoms with Gasteiger partial charge in [0.2, 0.25) is 0 Å². The van der Waals surface area contributed by atoms with Gasteiger partial charge < -0.3 is 4.42 Å². The van der Waals surface area contributed by atoms with Crippen molar-refractivity contribution in [2.24, 2.45) is 0 Å². The highest BCUT2D eigenvalue weighted by molar-refractivity contribution is 5.69. The third kappa shape index (κ3) is 3.65. The van der Waals surface area contributed by atoms with Crippen molar-refractivity contribution in [1.29, 1.82) is 0 Å². The third-order valence-corrected chi connectivity index (χ3v) is 1.97. The van der Waals surface area contributed by atoms with Crippen molar-refractivity contribution in [3.05, 3.63) is 47.4 Å². The topological polar surface area (TPSA) is 56.0 Å². The highest BCUT2D eigenvalue weighted by atomic mass is 16.3. The molecule has 0 N–H and O–H groups in total. The van der Waals surface area contributed by atoms with Gasteiger partial charge in [-0.2, -0.15) is 0 Å². The molecular formula is C12H14N2O2.